The van der Waals surface area contributed by atoms with Crippen molar-refractivity contribution >= 4 is 28.2 Å². The summed E-state index contributed by atoms with van der Waals surface area (Å²) < 4.78 is 10.7. The number of nitrogens with one attached hydrogen (secondary N) is 1. The zero-order chi connectivity index (χ0) is 20.8. The Labute approximate surface area is 174 Å². The molecular formula is C22H24N2O4S. The van der Waals surface area contributed by atoms with Crippen LogP contribution in [0.4, 0.5) is 5.00 Å². The average molecular weight is 413 g/mol. The Balaban J connectivity index is 1.54. The molecule has 1 N–H and O–H groups in total. The first-order valence-electron chi connectivity index (χ1n) is 9.72. The summed E-state index contributed by atoms with van der Waals surface area (Å²) >= 11 is 1.44. The largest absolute Gasteiger partial charge is 0.493 e. The Kier molecular flexibility index (Phi) is 6.89. The van der Waals surface area contributed by atoms with Crippen molar-refractivity contribution in [1.82, 2.24) is 0 Å². The van der Waals surface area contributed by atoms with Gasteiger partial charge in [-0.1, -0.05) is 13.8 Å². The van der Waals surface area contributed by atoms with E-state index in [4.69, 9.17) is 9.47 Å². The predicted molar refractivity (Wildman–Crippen MR) is 111 cm³/mol. The highest BCUT2D eigenvalue weighted by molar-refractivity contribution is 7.16. The molecule has 0 unspecified atom stereocenters. The fourth-order valence-corrected chi connectivity index (χ4v) is 4.36. The standard InChI is InChI=1S/C22H24N2O4S/c1-14(2)12-27-16-9-7-15(8-10-16)22(26)28-13-20(25)24-21-18(11-23)17-5-3-4-6-19(17)29-21/h7-10,14H,3-6,12-13H2,1-2H3,(H,24,25). The van der Waals surface area contributed by atoms with E-state index in [1.165, 1.54) is 16.2 Å². The Hall–Kier alpha value is -2.85. The van der Waals surface area contributed by atoms with E-state index in [1.807, 2.05) is 0 Å². The quantitative estimate of drug-likeness (QED) is 0.684. The van der Waals surface area contributed by atoms with Gasteiger partial charge in [0.15, 0.2) is 6.61 Å². The summed E-state index contributed by atoms with van der Waals surface area (Å²) in [5, 5.41) is 12.7. The van der Waals surface area contributed by atoms with Gasteiger partial charge in [0.25, 0.3) is 5.91 Å². The number of anilines is 1. The van der Waals surface area contributed by atoms with Crippen molar-refractivity contribution in [3.05, 3.63) is 45.8 Å². The lowest BCUT2D eigenvalue weighted by molar-refractivity contribution is -0.119. The smallest absolute Gasteiger partial charge is 0.338 e. The van der Waals surface area contributed by atoms with Crippen LogP contribution in [0.2, 0.25) is 0 Å². The average Bonchev–Trinajstić information content (AvgIpc) is 3.07. The third kappa shape index (κ3) is 5.36. The number of fused-ring (bicyclic) bond motifs is 1. The summed E-state index contributed by atoms with van der Waals surface area (Å²) in [6.45, 7) is 4.31. The minimum atomic E-state index is -0.582. The normalized spacial score (nSPS) is 12.8. The van der Waals surface area contributed by atoms with E-state index in [-0.39, 0.29) is 0 Å². The van der Waals surface area contributed by atoms with E-state index < -0.39 is 18.5 Å². The third-order valence-corrected chi connectivity index (χ3v) is 5.75. The van der Waals surface area contributed by atoms with Crippen LogP contribution in [-0.2, 0) is 22.4 Å². The molecule has 0 bridgehead atoms. The Morgan fingerprint density at radius 3 is 2.62 bits per heavy atom. The zero-order valence-corrected chi connectivity index (χ0v) is 17.4. The molecule has 0 spiro atoms. The molecule has 1 aromatic heterocycles. The molecule has 152 valence electrons. The summed E-state index contributed by atoms with van der Waals surface area (Å²) in [5.74, 6) is 0.0548. The maximum absolute atomic E-state index is 12.2. The lowest BCUT2D eigenvalue weighted by Gasteiger charge is -2.09. The second-order valence-corrected chi connectivity index (χ2v) is 8.49. The number of carbonyl (C=O) groups excluding carboxylic acids is 2. The summed E-state index contributed by atoms with van der Waals surface area (Å²) in [6, 6.07) is 8.82. The van der Waals surface area contributed by atoms with Crippen molar-refractivity contribution in [2.45, 2.75) is 39.5 Å². The highest BCUT2D eigenvalue weighted by atomic mass is 32.1. The van der Waals surface area contributed by atoms with Crippen LogP contribution in [0.3, 0.4) is 0 Å². The number of nitriles is 1. The van der Waals surface area contributed by atoms with Crippen LogP contribution in [0, 0.1) is 17.2 Å². The van der Waals surface area contributed by atoms with Gasteiger partial charge in [-0.05, 0) is 61.4 Å². The Morgan fingerprint density at radius 2 is 1.93 bits per heavy atom. The number of esters is 1. The lowest BCUT2D eigenvalue weighted by atomic mass is 9.96. The monoisotopic (exact) mass is 412 g/mol. The van der Waals surface area contributed by atoms with E-state index in [0.29, 0.717) is 34.4 Å². The molecule has 0 saturated carbocycles. The molecule has 0 aliphatic heterocycles. The molecule has 2 aromatic rings. The maximum Gasteiger partial charge on any atom is 0.338 e. The van der Waals surface area contributed by atoms with Crippen LogP contribution in [0.1, 0.15) is 53.1 Å². The topological polar surface area (TPSA) is 88.4 Å². The van der Waals surface area contributed by atoms with Crippen molar-refractivity contribution in [1.29, 1.82) is 5.26 Å². The molecule has 7 heteroatoms. The molecule has 1 aliphatic rings. The first kappa shape index (κ1) is 20.9. The van der Waals surface area contributed by atoms with Crippen LogP contribution in [0.5, 0.6) is 5.75 Å². The van der Waals surface area contributed by atoms with Crippen LogP contribution in [0.25, 0.3) is 0 Å². The second-order valence-electron chi connectivity index (χ2n) is 7.38. The van der Waals surface area contributed by atoms with E-state index in [9.17, 15) is 14.9 Å². The van der Waals surface area contributed by atoms with Crippen LogP contribution in [0.15, 0.2) is 24.3 Å². The van der Waals surface area contributed by atoms with Crippen molar-refractivity contribution in [3.8, 4) is 11.8 Å². The van der Waals surface area contributed by atoms with Crippen molar-refractivity contribution in [3.63, 3.8) is 0 Å². The zero-order valence-electron chi connectivity index (χ0n) is 16.6. The number of benzene rings is 1. The molecule has 0 fully saturated rings. The Morgan fingerprint density at radius 1 is 1.21 bits per heavy atom. The van der Waals surface area contributed by atoms with Gasteiger partial charge in [-0.2, -0.15) is 5.26 Å². The van der Waals surface area contributed by atoms with Crippen molar-refractivity contribution < 1.29 is 19.1 Å². The number of nitrogens with zero attached hydrogens (tertiary/aromatic N) is 1. The minimum absolute atomic E-state index is 0.346. The molecule has 1 heterocycles. The summed E-state index contributed by atoms with van der Waals surface area (Å²) in [7, 11) is 0. The molecule has 3 rings (SSSR count). The molecule has 1 aliphatic carbocycles. The molecular weight excluding hydrogens is 388 g/mol. The number of aryl methyl sites for hydroxylation is 1. The van der Waals surface area contributed by atoms with E-state index in [0.717, 1.165) is 31.2 Å². The summed E-state index contributed by atoms with van der Waals surface area (Å²) in [5.41, 5.74) is 1.94. The summed E-state index contributed by atoms with van der Waals surface area (Å²) in [6.07, 6.45) is 3.97. The molecule has 0 radical (unpaired) electrons. The second kappa shape index (κ2) is 9.57. The molecule has 1 amide bonds. The van der Waals surface area contributed by atoms with Crippen LogP contribution < -0.4 is 10.1 Å². The van der Waals surface area contributed by atoms with Gasteiger partial charge >= 0.3 is 5.97 Å². The van der Waals surface area contributed by atoms with E-state index in [1.54, 1.807) is 24.3 Å². The van der Waals surface area contributed by atoms with Gasteiger partial charge in [0.2, 0.25) is 0 Å². The summed E-state index contributed by atoms with van der Waals surface area (Å²) in [4.78, 5) is 25.6. The number of amides is 1. The Bertz CT molecular complexity index is 926. The van der Waals surface area contributed by atoms with E-state index >= 15 is 0 Å². The number of hydrogen-bond acceptors (Lipinski definition) is 6. The van der Waals surface area contributed by atoms with Gasteiger partial charge in [-0.3, -0.25) is 4.79 Å². The molecule has 0 atom stereocenters. The van der Waals surface area contributed by atoms with Gasteiger partial charge in [-0.25, -0.2) is 4.79 Å². The van der Waals surface area contributed by atoms with E-state index in [2.05, 4.69) is 25.2 Å². The SMILES string of the molecule is CC(C)COc1ccc(C(=O)OCC(=O)Nc2sc3c(c2C#N)CCCC3)cc1. The molecule has 6 nitrogen and oxygen atoms in total. The fraction of sp³-hybridized carbons (Fsp3) is 0.409. The minimum Gasteiger partial charge on any atom is -0.493 e. The van der Waals surface area contributed by atoms with Crippen LogP contribution >= 0.6 is 11.3 Å². The lowest BCUT2D eigenvalue weighted by Crippen LogP contribution is -2.20. The third-order valence-electron chi connectivity index (χ3n) is 4.54. The van der Waals surface area contributed by atoms with Gasteiger partial charge in [0.1, 0.15) is 16.8 Å². The first-order chi connectivity index (χ1) is 14.0. The number of ether oxygens (including phenoxy) is 2. The molecule has 0 saturated heterocycles. The van der Waals surface area contributed by atoms with Gasteiger partial charge in [-0.15, -0.1) is 11.3 Å². The highest BCUT2D eigenvalue weighted by Gasteiger charge is 2.22. The van der Waals surface area contributed by atoms with Crippen LogP contribution in [-0.4, -0.2) is 25.1 Å². The van der Waals surface area contributed by atoms with Gasteiger partial charge in [0, 0.05) is 4.88 Å². The molecule has 1 aromatic carbocycles. The maximum atomic E-state index is 12.2. The highest BCUT2D eigenvalue weighted by Crippen LogP contribution is 2.37. The number of rotatable bonds is 7. The fourth-order valence-electron chi connectivity index (χ4n) is 3.10. The van der Waals surface area contributed by atoms with Gasteiger partial charge < -0.3 is 14.8 Å². The number of hydrogen-bond donors (Lipinski definition) is 1. The number of carbonyl (C=O) groups is 2. The predicted octanol–water partition coefficient (Wildman–Crippen LogP) is 4.33. The van der Waals surface area contributed by atoms with Crippen molar-refractivity contribution in [2.24, 2.45) is 5.92 Å². The first-order valence-corrected chi connectivity index (χ1v) is 10.5. The van der Waals surface area contributed by atoms with Crippen molar-refractivity contribution in [2.75, 3.05) is 18.5 Å². The molecule has 29 heavy (non-hydrogen) atoms. The number of thiophene rings is 1. The van der Waals surface area contributed by atoms with Gasteiger partial charge in [0.05, 0.1) is 17.7 Å².